The fourth-order valence-corrected chi connectivity index (χ4v) is 2.63. The van der Waals surface area contributed by atoms with Gasteiger partial charge in [-0.25, -0.2) is 0 Å². The van der Waals surface area contributed by atoms with Crippen molar-refractivity contribution in [3.63, 3.8) is 0 Å². The third kappa shape index (κ3) is 5.03. The molecular formula is C15H20N2OS. The van der Waals surface area contributed by atoms with Crippen LogP contribution in [0.25, 0.3) is 0 Å². The minimum Gasteiger partial charge on any atom is -0.494 e. The molecule has 0 fully saturated rings. The Morgan fingerprint density at radius 1 is 1.16 bits per heavy atom. The number of nitrogens with one attached hydrogen (secondary N) is 1. The summed E-state index contributed by atoms with van der Waals surface area (Å²) in [4.78, 5) is 0. The maximum Gasteiger partial charge on any atom is 0.119 e. The van der Waals surface area contributed by atoms with Crippen LogP contribution in [0.1, 0.15) is 18.4 Å². The van der Waals surface area contributed by atoms with Gasteiger partial charge in [0, 0.05) is 6.04 Å². The molecule has 102 valence electrons. The van der Waals surface area contributed by atoms with Crippen molar-refractivity contribution in [1.29, 1.82) is 0 Å². The molecule has 0 saturated carbocycles. The van der Waals surface area contributed by atoms with Gasteiger partial charge in [0.2, 0.25) is 0 Å². The normalized spacial score (nSPS) is 12.3. The van der Waals surface area contributed by atoms with E-state index in [0.717, 1.165) is 25.0 Å². The van der Waals surface area contributed by atoms with Crippen molar-refractivity contribution in [2.24, 2.45) is 5.84 Å². The second-order valence-corrected chi connectivity index (χ2v) is 5.26. The van der Waals surface area contributed by atoms with E-state index in [9.17, 15) is 0 Å². The standard InChI is InChI=1S/C15H20N2OS/c16-17-14(7-6-13-9-11-19-12-13)8-10-18-15-4-2-1-3-5-15/h1-5,9,11-12,14,17H,6-8,10,16H2. The Labute approximate surface area is 118 Å². The first kappa shape index (κ1) is 14.1. The molecule has 0 bridgehead atoms. The molecule has 0 aliphatic heterocycles. The molecule has 0 amide bonds. The van der Waals surface area contributed by atoms with E-state index in [2.05, 4.69) is 22.3 Å². The molecule has 2 aromatic rings. The average Bonchev–Trinajstić information content (AvgIpc) is 2.97. The van der Waals surface area contributed by atoms with Gasteiger partial charge in [-0.05, 0) is 53.8 Å². The molecule has 0 aliphatic rings. The summed E-state index contributed by atoms with van der Waals surface area (Å²) in [6.07, 6.45) is 3.00. The summed E-state index contributed by atoms with van der Waals surface area (Å²) in [5, 5.41) is 4.30. The summed E-state index contributed by atoms with van der Waals surface area (Å²) in [6, 6.07) is 12.3. The lowest BCUT2D eigenvalue weighted by atomic mass is 10.1. The molecule has 0 radical (unpaired) electrons. The topological polar surface area (TPSA) is 47.3 Å². The first-order chi connectivity index (χ1) is 9.38. The molecular weight excluding hydrogens is 256 g/mol. The van der Waals surface area contributed by atoms with Crippen LogP contribution in [0, 0.1) is 0 Å². The van der Waals surface area contributed by atoms with Crippen LogP contribution in [-0.2, 0) is 6.42 Å². The number of hydrazine groups is 1. The highest BCUT2D eigenvalue weighted by atomic mass is 32.1. The molecule has 1 atom stereocenters. The second-order valence-electron chi connectivity index (χ2n) is 4.48. The number of aryl methyl sites for hydroxylation is 1. The molecule has 0 aliphatic carbocycles. The highest BCUT2D eigenvalue weighted by Crippen LogP contribution is 2.12. The van der Waals surface area contributed by atoms with Crippen molar-refractivity contribution in [3.05, 3.63) is 52.7 Å². The zero-order valence-electron chi connectivity index (χ0n) is 10.9. The largest absolute Gasteiger partial charge is 0.494 e. The third-order valence-electron chi connectivity index (χ3n) is 3.08. The summed E-state index contributed by atoms with van der Waals surface area (Å²) in [7, 11) is 0. The van der Waals surface area contributed by atoms with Crippen molar-refractivity contribution in [3.8, 4) is 5.75 Å². The maximum atomic E-state index is 5.68. The van der Waals surface area contributed by atoms with Crippen LogP contribution >= 0.6 is 11.3 Å². The van der Waals surface area contributed by atoms with Gasteiger partial charge in [0.25, 0.3) is 0 Å². The Balaban J connectivity index is 1.67. The van der Waals surface area contributed by atoms with Gasteiger partial charge in [-0.15, -0.1) is 0 Å². The monoisotopic (exact) mass is 276 g/mol. The molecule has 4 heteroatoms. The van der Waals surface area contributed by atoms with Crippen LogP contribution in [0.5, 0.6) is 5.75 Å². The molecule has 3 N–H and O–H groups in total. The Bertz CT molecular complexity index is 444. The molecule has 19 heavy (non-hydrogen) atoms. The van der Waals surface area contributed by atoms with Crippen LogP contribution in [0.2, 0.25) is 0 Å². The van der Waals surface area contributed by atoms with E-state index in [1.54, 1.807) is 11.3 Å². The lowest BCUT2D eigenvalue weighted by molar-refractivity contribution is 0.281. The van der Waals surface area contributed by atoms with Gasteiger partial charge >= 0.3 is 0 Å². The van der Waals surface area contributed by atoms with Crippen LogP contribution in [0.4, 0.5) is 0 Å². The Kier molecular flexibility index (Phi) is 5.88. The number of thiophene rings is 1. The number of hydrogen-bond acceptors (Lipinski definition) is 4. The first-order valence-electron chi connectivity index (χ1n) is 6.53. The van der Waals surface area contributed by atoms with Crippen LogP contribution in [0.3, 0.4) is 0 Å². The molecule has 0 saturated heterocycles. The number of ether oxygens (including phenoxy) is 1. The quantitative estimate of drug-likeness (QED) is 0.575. The van der Waals surface area contributed by atoms with Gasteiger partial charge < -0.3 is 4.74 Å². The molecule has 2 rings (SSSR count). The summed E-state index contributed by atoms with van der Waals surface area (Å²) in [5.41, 5.74) is 4.26. The van der Waals surface area contributed by atoms with Crippen LogP contribution < -0.4 is 16.0 Å². The van der Waals surface area contributed by atoms with E-state index in [4.69, 9.17) is 10.6 Å². The van der Waals surface area contributed by atoms with Gasteiger partial charge in [0.05, 0.1) is 6.61 Å². The van der Waals surface area contributed by atoms with Crippen LogP contribution in [0.15, 0.2) is 47.2 Å². The van der Waals surface area contributed by atoms with E-state index in [1.807, 2.05) is 30.3 Å². The lowest BCUT2D eigenvalue weighted by Crippen LogP contribution is -2.36. The van der Waals surface area contributed by atoms with E-state index in [0.29, 0.717) is 12.6 Å². The fourth-order valence-electron chi connectivity index (χ4n) is 1.92. The van der Waals surface area contributed by atoms with Gasteiger partial charge in [0.1, 0.15) is 5.75 Å². The average molecular weight is 276 g/mol. The second kappa shape index (κ2) is 7.94. The SMILES string of the molecule is NNC(CCOc1ccccc1)CCc1ccsc1. The van der Waals surface area contributed by atoms with Crippen LogP contribution in [-0.4, -0.2) is 12.6 Å². The molecule has 0 spiro atoms. The van der Waals surface area contributed by atoms with E-state index >= 15 is 0 Å². The van der Waals surface area contributed by atoms with Crippen molar-refractivity contribution in [2.75, 3.05) is 6.61 Å². The molecule has 3 nitrogen and oxygen atoms in total. The highest BCUT2D eigenvalue weighted by molar-refractivity contribution is 7.07. The molecule has 1 unspecified atom stereocenters. The van der Waals surface area contributed by atoms with Gasteiger partial charge in [-0.3, -0.25) is 11.3 Å². The van der Waals surface area contributed by atoms with E-state index in [-0.39, 0.29) is 0 Å². The summed E-state index contributed by atoms with van der Waals surface area (Å²) < 4.78 is 5.68. The van der Waals surface area contributed by atoms with Gasteiger partial charge in [-0.1, -0.05) is 18.2 Å². The van der Waals surface area contributed by atoms with E-state index in [1.165, 1.54) is 5.56 Å². The zero-order valence-corrected chi connectivity index (χ0v) is 11.7. The predicted molar refractivity (Wildman–Crippen MR) is 80.3 cm³/mol. The fraction of sp³-hybridized carbons (Fsp3) is 0.333. The summed E-state index contributed by atoms with van der Waals surface area (Å²) in [5.74, 6) is 6.50. The van der Waals surface area contributed by atoms with Crippen molar-refractivity contribution < 1.29 is 4.74 Å². The Morgan fingerprint density at radius 3 is 2.68 bits per heavy atom. The number of rotatable bonds is 8. The zero-order chi connectivity index (χ0) is 13.3. The smallest absolute Gasteiger partial charge is 0.119 e. The Hall–Kier alpha value is -1.36. The molecule has 1 aromatic carbocycles. The minimum atomic E-state index is 0.295. The van der Waals surface area contributed by atoms with Crippen molar-refractivity contribution in [2.45, 2.75) is 25.3 Å². The number of hydrogen-bond donors (Lipinski definition) is 2. The summed E-state index contributed by atoms with van der Waals surface area (Å²) in [6.45, 7) is 0.683. The number of para-hydroxylation sites is 1. The van der Waals surface area contributed by atoms with E-state index < -0.39 is 0 Å². The minimum absolute atomic E-state index is 0.295. The number of benzene rings is 1. The third-order valence-corrected chi connectivity index (χ3v) is 3.81. The molecule has 1 aromatic heterocycles. The molecule has 1 heterocycles. The van der Waals surface area contributed by atoms with Crippen molar-refractivity contribution >= 4 is 11.3 Å². The predicted octanol–water partition coefficient (Wildman–Crippen LogP) is 2.98. The van der Waals surface area contributed by atoms with Crippen molar-refractivity contribution in [1.82, 2.24) is 5.43 Å². The maximum absolute atomic E-state index is 5.68. The first-order valence-corrected chi connectivity index (χ1v) is 7.48. The lowest BCUT2D eigenvalue weighted by Gasteiger charge is -2.15. The van der Waals surface area contributed by atoms with Gasteiger partial charge in [0.15, 0.2) is 0 Å². The highest BCUT2D eigenvalue weighted by Gasteiger charge is 2.07. The number of nitrogens with two attached hydrogens (primary N) is 1. The van der Waals surface area contributed by atoms with Gasteiger partial charge in [-0.2, -0.15) is 11.3 Å². The summed E-state index contributed by atoms with van der Waals surface area (Å²) >= 11 is 1.74. The Morgan fingerprint density at radius 2 is 2.00 bits per heavy atom.